The number of hydrogen-bond donors (Lipinski definition) is 1. The molecule has 2 aromatic rings. The summed E-state index contributed by atoms with van der Waals surface area (Å²) in [5, 5.41) is 3.60. The number of aromatic nitrogens is 1. The van der Waals surface area contributed by atoms with E-state index in [1.165, 1.54) is 48.3 Å². The molecule has 0 radical (unpaired) electrons. The molecule has 1 aromatic heterocycles. The van der Waals surface area contributed by atoms with Crippen LogP contribution in [0.15, 0.2) is 36.4 Å². The fraction of sp³-hybridized carbons (Fsp3) is 0.474. The molecule has 0 atom stereocenters. The minimum atomic E-state index is 0.983. The quantitative estimate of drug-likeness (QED) is 0.746. The van der Waals surface area contributed by atoms with E-state index in [1.54, 1.807) is 0 Å². The highest BCUT2D eigenvalue weighted by Crippen LogP contribution is 2.33. The number of benzene rings is 1. The van der Waals surface area contributed by atoms with E-state index in [0.717, 1.165) is 19.0 Å². The van der Waals surface area contributed by atoms with Gasteiger partial charge in [-0.1, -0.05) is 31.0 Å². The van der Waals surface area contributed by atoms with Crippen molar-refractivity contribution in [3.8, 4) is 5.69 Å². The second-order valence-electron chi connectivity index (χ2n) is 6.33. The maximum Gasteiger partial charge on any atom is 0.0455 e. The third kappa shape index (κ3) is 3.56. The molecule has 2 nitrogen and oxygen atoms in total. The summed E-state index contributed by atoms with van der Waals surface area (Å²) in [4.78, 5) is 0. The molecule has 1 aromatic carbocycles. The van der Waals surface area contributed by atoms with Crippen LogP contribution in [0.1, 0.15) is 42.6 Å². The first-order chi connectivity index (χ1) is 10.3. The van der Waals surface area contributed by atoms with Crippen LogP contribution in [-0.4, -0.2) is 11.1 Å². The van der Waals surface area contributed by atoms with Gasteiger partial charge in [0.05, 0.1) is 0 Å². The Morgan fingerprint density at radius 2 is 1.90 bits per heavy atom. The highest BCUT2D eigenvalue weighted by Gasteiger charge is 2.19. The van der Waals surface area contributed by atoms with Crippen LogP contribution in [0.4, 0.5) is 0 Å². The Balaban J connectivity index is 1.60. The topological polar surface area (TPSA) is 17.0 Å². The summed E-state index contributed by atoms with van der Waals surface area (Å²) < 4.78 is 2.35. The Bertz CT molecular complexity index is 579. The molecule has 1 aliphatic rings. The van der Waals surface area contributed by atoms with Crippen molar-refractivity contribution >= 4 is 0 Å². The van der Waals surface area contributed by atoms with Gasteiger partial charge in [-0.05, 0) is 62.9 Å². The van der Waals surface area contributed by atoms with Crippen molar-refractivity contribution in [1.82, 2.24) is 9.88 Å². The molecule has 0 amide bonds. The van der Waals surface area contributed by atoms with Crippen molar-refractivity contribution in [3.05, 3.63) is 53.3 Å². The van der Waals surface area contributed by atoms with Crippen LogP contribution < -0.4 is 5.32 Å². The van der Waals surface area contributed by atoms with Gasteiger partial charge in [-0.25, -0.2) is 0 Å². The van der Waals surface area contributed by atoms with Crippen molar-refractivity contribution in [2.45, 2.75) is 46.1 Å². The zero-order valence-electron chi connectivity index (χ0n) is 13.2. The molecule has 0 unspecified atom stereocenters. The molecule has 21 heavy (non-hydrogen) atoms. The fourth-order valence-electron chi connectivity index (χ4n) is 3.13. The third-order valence-corrected chi connectivity index (χ3v) is 4.53. The van der Waals surface area contributed by atoms with Gasteiger partial charge in [-0.3, -0.25) is 0 Å². The molecular formula is C19H26N2. The summed E-state index contributed by atoms with van der Waals surface area (Å²) in [5.41, 5.74) is 5.34. The molecule has 1 saturated carbocycles. The van der Waals surface area contributed by atoms with E-state index in [0.29, 0.717) is 0 Å². The Kier molecular flexibility index (Phi) is 4.45. The molecular weight excluding hydrogens is 256 g/mol. The first-order valence-corrected chi connectivity index (χ1v) is 8.19. The maximum atomic E-state index is 3.60. The van der Waals surface area contributed by atoms with Crippen molar-refractivity contribution in [1.29, 1.82) is 0 Å². The minimum absolute atomic E-state index is 0.983. The first-order valence-electron chi connectivity index (χ1n) is 8.19. The molecule has 0 bridgehead atoms. The number of para-hydroxylation sites is 1. The van der Waals surface area contributed by atoms with Gasteiger partial charge in [-0.15, -0.1) is 0 Å². The van der Waals surface area contributed by atoms with E-state index < -0.39 is 0 Å². The predicted octanol–water partition coefficient (Wildman–Crippen LogP) is 4.37. The number of hydrogen-bond acceptors (Lipinski definition) is 1. The second-order valence-corrected chi connectivity index (χ2v) is 6.33. The number of nitrogens with zero attached hydrogens (tertiary/aromatic N) is 1. The Morgan fingerprint density at radius 3 is 2.62 bits per heavy atom. The average Bonchev–Trinajstić information content (AvgIpc) is 3.26. The Hall–Kier alpha value is -1.54. The highest BCUT2D eigenvalue weighted by molar-refractivity contribution is 5.40. The van der Waals surface area contributed by atoms with Crippen LogP contribution in [0.2, 0.25) is 0 Å². The third-order valence-electron chi connectivity index (χ3n) is 4.53. The molecule has 0 saturated heterocycles. The van der Waals surface area contributed by atoms with E-state index in [9.17, 15) is 0 Å². The SMILES string of the molecule is Cc1cc(CNCCCC2CC2)c(C)n1-c1ccccc1. The predicted molar refractivity (Wildman–Crippen MR) is 88.9 cm³/mol. The smallest absolute Gasteiger partial charge is 0.0455 e. The van der Waals surface area contributed by atoms with Gasteiger partial charge in [0, 0.05) is 23.6 Å². The van der Waals surface area contributed by atoms with Gasteiger partial charge in [0.1, 0.15) is 0 Å². The molecule has 1 heterocycles. The lowest BCUT2D eigenvalue weighted by atomic mass is 10.2. The Morgan fingerprint density at radius 1 is 1.14 bits per heavy atom. The van der Waals surface area contributed by atoms with Crippen LogP contribution >= 0.6 is 0 Å². The summed E-state index contributed by atoms with van der Waals surface area (Å²) in [6.07, 6.45) is 5.68. The molecule has 3 rings (SSSR count). The molecule has 0 aliphatic heterocycles. The fourth-order valence-corrected chi connectivity index (χ4v) is 3.13. The van der Waals surface area contributed by atoms with Crippen LogP contribution in [-0.2, 0) is 6.54 Å². The minimum Gasteiger partial charge on any atom is -0.318 e. The number of aryl methyl sites for hydroxylation is 1. The lowest BCUT2D eigenvalue weighted by Crippen LogP contribution is -2.15. The monoisotopic (exact) mass is 282 g/mol. The lowest BCUT2D eigenvalue weighted by molar-refractivity contribution is 0.593. The molecule has 1 aliphatic carbocycles. The van der Waals surface area contributed by atoms with Crippen LogP contribution in [0.5, 0.6) is 0 Å². The average molecular weight is 282 g/mol. The second kappa shape index (κ2) is 6.48. The van der Waals surface area contributed by atoms with Crippen molar-refractivity contribution in [3.63, 3.8) is 0 Å². The van der Waals surface area contributed by atoms with Crippen molar-refractivity contribution < 1.29 is 0 Å². The van der Waals surface area contributed by atoms with Gasteiger partial charge in [0.25, 0.3) is 0 Å². The van der Waals surface area contributed by atoms with Gasteiger partial charge >= 0.3 is 0 Å². The summed E-state index contributed by atoms with van der Waals surface area (Å²) >= 11 is 0. The summed E-state index contributed by atoms with van der Waals surface area (Å²) in [6.45, 7) is 6.54. The van der Waals surface area contributed by atoms with E-state index >= 15 is 0 Å². The van der Waals surface area contributed by atoms with Crippen LogP contribution in [0, 0.1) is 19.8 Å². The van der Waals surface area contributed by atoms with Gasteiger partial charge in [-0.2, -0.15) is 0 Å². The normalized spacial score (nSPS) is 14.6. The molecule has 1 N–H and O–H groups in total. The molecule has 2 heteroatoms. The molecule has 0 spiro atoms. The van der Waals surface area contributed by atoms with Crippen LogP contribution in [0.25, 0.3) is 5.69 Å². The number of nitrogens with one attached hydrogen (secondary N) is 1. The first kappa shape index (κ1) is 14.4. The van der Waals surface area contributed by atoms with E-state index in [-0.39, 0.29) is 0 Å². The standard InChI is InChI=1S/C19H26N2/c1-15-13-18(14-20-12-6-7-17-10-11-17)16(2)21(15)19-8-4-3-5-9-19/h3-5,8-9,13,17,20H,6-7,10-12,14H2,1-2H3. The highest BCUT2D eigenvalue weighted by atomic mass is 15.0. The maximum absolute atomic E-state index is 3.60. The van der Waals surface area contributed by atoms with Crippen molar-refractivity contribution in [2.24, 2.45) is 5.92 Å². The van der Waals surface area contributed by atoms with Gasteiger partial charge in [0.15, 0.2) is 0 Å². The lowest BCUT2D eigenvalue weighted by Gasteiger charge is -2.10. The van der Waals surface area contributed by atoms with E-state index in [1.807, 2.05) is 0 Å². The Labute approximate surface area is 128 Å². The van der Waals surface area contributed by atoms with E-state index in [2.05, 4.69) is 60.1 Å². The summed E-state index contributed by atoms with van der Waals surface area (Å²) in [6, 6.07) is 12.9. The zero-order valence-corrected chi connectivity index (χ0v) is 13.2. The summed E-state index contributed by atoms with van der Waals surface area (Å²) in [5.74, 6) is 1.05. The number of rotatable bonds is 7. The molecule has 112 valence electrons. The summed E-state index contributed by atoms with van der Waals surface area (Å²) in [7, 11) is 0. The van der Waals surface area contributed by atoms with E-state index in [4.69, 9.17) is 0 Å². The largest absolute Gasteiger partial charge is 0.318 e. The van der Waals surface area contributed by atoms with Crippen molar-refractivity contribution in [2.75, 3.05) is 6.54 Å². The molecule has 1 fully saturated rings. The van der Waals surface area contributed by atoms with Gasteiger partial charge < -0.3 is 9.88 Å². The van der Waals surface area contributed by atoms with Crippen LogP contribution in [0.3, 0.4) is 0 Å². The van der Waals surface area contributed by atoms with Gasteiger partial charge in [0.2, 0.25) is 0 Å². The zero-order chi connectivity index (χ0) is 14.7.